The lowest BCUT2D eigenvalue weighted by atomic mass is 9.97. The summed E-state index contributed by atoms with van der Waals surface area (Å²) in [6, 6.07) is 4.61. The SMILES string of the molecule is COc1ccc(C(=O)NCC(C)(C)C)c(O)c1. The number of carbonyl (C=O) groups excluding carboxylic acids is 1. The van der Waals surface area contributed by atoms with E-state index in [-0.39, 0.29) is 22.6 Å². The fraction of sp³-hybridized carbons (Fsp3) is 0.462. The van der Waals surface area contributed by atoms with Crippen LogP contribution in [-0.2, 0) is 0 Å². The summed E-state index contributed by atoms with van der Waals surface area (Å²) in [5, 5.41) is 12.5. The largest absolute Gasteiger partial charge is 0.507 e. The van der Waals surface area contributed by atoms with Crippen LogP contribution >= 0.6 is 0 Å². The van der Waals surface area contributed by atoms with Crippen molar-refractivity contribution in [3.63, 3.8) is 0 Å². The Hall–Kier alpha value is -1.71. The second kappa shape index (κ2) is 5.08. The number of nitrogens with one attached hydrogen (secondary N) is 1. The van der Waals surface area contributed by atoms with E-state index in [1.54, 1.807) is 12.1 Å². The van der Waals surface area contributed by atoms with Crippen molar-refractivity contribution in [1.29, 1.82) is 0 Å². The summed E-state index contributed by atoms with van der Waals surface area (Å²) < 4.78 is 4.95. The lowest BCUT2D eigenvalue weighted by Gasteiger charge is -2.18. The van der Waals surface area contributed by atoms with Crippen molar-refractivity contribution < 1.29 is 14.6 Å². The molecule has 17 heavy (non-hydrogen) atoms. The van der Waals surface area contributed by atoms with Crippen molar-refractivity contribution in [2.45, 2.75) is 20.8 Å². The molecule has 2 N–H and O–H groups in total. The smallest absolute Gasteiger partial charge is 0.255 e. The van der Waals surface area contributed by atoms with Crippen molar-refractivity contribution in [2.75, 3.05) is 13.7 Å². The highest BCUT2D eigenvalue weighted by Gasteiger charge is 2.15. The summed E-state index contributed by atoms with van der Waals surface area (Å²) in [5.41, 5.74) is 0.271. The van der Waals surface area contributed by atoms with E-state index in [0.717, 1.165) is 0 Å². The number of ether oxygens (including phenoxy) is 1. The highest BCUT2D eigenvalue weighted by atomic mass is 16.5. The molecule has 0 saturated heterocycles. The van der Waals surface area contributed by atoms with Gasteiger partial charge in [-0.05, 0) is 17.5 Å². The number of methoxy groups -OCH3 is 1. The maximum Gasteiger partial charge on any atom is 0.255 e. The summed E-state index contributed by atoms with van der Waals surface area (Å²) in [6.45, 7) is 6.64. The van der Waals surface area contributed by atoms with E-state index in [4.69, 9.17) is 4.74 Å². The minimum atomic E-state index is -0.278. The van der Waals surface area contributed by atoms with Gasteiger partial charge in [0.05, 0.1) is 12.7 Å². The molecule has 0 aromatic heterocycles. The van der Waals surface area contributed by atoms with E-state index in [2.05, 4.69) is 5.32 Å². The van der Waals surface area contributed by atoms with E-state index in [0.29, 0.717) is 12.3 Å². The Kier molecular flexibility index (Phi) is 3.99. The predicted octanol–water partition coefficient (Wildman–Crippen LogP) is 2.18. The van der Waals surface area contributed by atoms with Gasteiger partial charge < -0.3 is 15.2 Å². The van der Waals surface area contributed by atoms with Gasteiger partial charge in [-0.15, -0.1) is 0 Å². The molecule has 1 aromatic rings. The second-order valence-electron chi connectivity index (χ2n) is 5.13. The van der Waals surface area contributed by atoms with Crippen LogP contribution in [0, 0.1) is 5.41 Å². The Morgan fingerprint density at radius 3 is 2.53 bits per heavy atom. The van der Waals surface area contributed by atoms with Crippen LogP contribution in [0.25, 0.3) is 0 Å². The fourth-order valence-corrected chi connectivity index (χ4v) is 1.27. The first-order valence-corrected chi connectivity index (χ1v) is 5.49. The number of benzene rings is 1. The van der Waals surface area contributed by atoms with Gasteiger partial charge in [0.1, 0.15) is 11.5 Å². The molecule has 1 rings (SSSR count). The van der Waals surface area contributed by atoms with Crippen LogP contribution in [0.3, 0.4) is 0 Å². The van der Waals surface area contributed by atoms with E-state index in [9.17, 15) is 9.90 Å². The first kappa shape index (κ1) is 13.4. The third-order valence-corrected chi connectivity index (χ3v) is 2.23. The molecule has 1 amide bonds. The van der Waals surface area contributed by atoms with Crippen LogP contribution in [0.15, 0.2) is 18.2 Å². The number of hydrogen-bond acceptors (Lipinski definition) is 3. The predicted molar refractivity (Wildman–Crippen MR) is 66.4 cm³/mol. The van der Waals surface area contributed by atoms with Crippen LogP contribution in [-0.4, -0.2) is 24.7 Å². The zero-order chi connectivity index (χ0) is 13.1. The summed E-state index contributed by atoms with van der Waals surface area (Å²) in [5.74, 6) is 0.172. The molecule has 0 bridgehead atoms. The number of phenolic OH excluding ortho intramolecular Hbond substituents is 1. The number of amides is 1. The highest BCUT2D eigenvalue weighted by molar-refractivity contribution is 5.97. The minimum absolute atomic E-state index is 0.0117. The lowest BCUT2D eigenvalue weighted by molar-refractivity contribution is 0.0936. The van der Waals surface area contributed by atoms with Gasteiger partial charge in [0, 0.05) is 12.6 Å². The first-order valence-electron chi connectivity index (χ1n) is 5.49. The molecule has 0 spiro atoms. The normalized spacial score (nSPS) is 11.1. The Morgan fingerprint density at radius 1 is 1.41 bits per heavy atom. The summed E-state index contributed by atoms with van der Waals surface area (Å²) >= 11 is 0. The van der Waals surface area contributed by atoms with E-state index in [1.165, 1.54) is 13.2 Å². The fourth-order valence-electron chi connectivity index (χ4n) is 1.27. The molecule has 0 aliphatic carbocycles. The van der Waals surface area contributed by atoms with Gasteiger partial charge in [0.2, 0.25) is 0 Å². The molecule has 0 aliphatic heterocycles. The molecule has 4 heteroatoms. The Balaban J connectivity index is 2.76. The maximum atomic E-state index is 11.8. The Bertz CT molecular complexity index is 408. The molecule has 0 atom stereocenters. The number of carbonyl (C=O) groups is 1. The maximum absolute atomic E-state index is 11.8. The summed E-state index contributed by atoms with van der Waals surface area (Å²) in [4.78, 5) is 11.8. The van der Waals surface area contributed by atoms with Gasteiger partial charge in [-0.1, -0.05) is 20.8 Å². The average molecular weight is 237 g/mol. The molecule has 0 aliphatic rings. The monoisotopic (exact) mass is 237 g/mol. The Morgan fingerprint density at radius 2 is 2.06 bits per heavy atom. The van der Waals surface area contributed by atoms with Gasteiger partial charge in [0.25, 0.3) is 5.91 Å². The third kappa shape index (κ3) is 3.98. The van der Waals surface area contributed by atoms with Gasteiger partial charge >= 0.3 is 0 Å². The zero-order valence-corrected chi connectivity index (χ0v) is 10.7. The van der Waals surface area contributed by atoms with Gasteiger partial charge in [0.15, 0.2) is 0 Å². The minimum Gasteiger partial charge on any atom is -0.507 e. The van der Waals surface area contributed by atoms with E-state index in [1.807, 2.05) is 20.8 Å². The topological polar surface area (TPSA) is 58.6 Å². The van der Waals surface area contributed by atoms with Crippen LogP contribution < -0.4 is 10.1 Å². The lowest BCUT2D eigenvalue weighted by Crippen LogP contribution is -2.32. The van der Waals surface area contributed by atoms with Crippen LogP contribution in [0.5, 0.6) is 11.5 Å². The summed E-state index contributed by atoms with van der Waals surface area (Å²) in [6.07, 6.45) is 0. The zero-order valence-electron chi connectivity index (χ0n) is 10.7. The standard InChI is InChI=1S/C13H19NO3/c1-13(2,3)8-14-12(16)10-6-5-9(17-4)7-11(10)15/h5-7,15H,8H2,1-4H3,(H,14,16). The molecular weight excluding hydrogens is 218 g/mol. The summed E-state index contributed by atoms with van der Waals surface area (Å²) in [7, 11) is 1.51. The number of aromatic hydroxyl groups is 1. The number of rotatable bonds is 3. The number of hydrogen-bond donors (Lipinski definition) is 2. The molecule has 0 radical (unpaired) electrons. The van der Waals surface area contributed by atoms with Crippen molar-refractivity contribution in [1.82, 2.24) is 5.32 Å². The molecule has 94 valence electrons. The van der Waals surface area contributed by atoms with Crippen LogP contribution in [0.4, 0.5) is 0 Å². The molecule has 0 heterocycles. The third-order valence-electron chi connectivity index (χ3n) is 2.23. The van der Waals surface area contributed by atoms with Crippen molar-refractivity contribution >= 4 is 5.91 Å². The molecule has 0 fully saturated rings. The Labute approximate surface area is 102 Å². The van der Waals surface area contributed by atoms with Crippen LogP contribution in [0.2, 0.25) is 0 Å². The molecule has 1 aromatic carbocycles. The highest BCUT2D eigenvalue weighted by Crippen LogP contribution is 2.23. The van der Waals surface area contributed by atoms with Crippen molar-refractivity contribution in [2.24, 2.45) is 5.41 Å². The van der Waals surface area contributed by atoms with Gasteiger partial charge in [-0.3, -0.25) is 4.79 Å². The molecular formula is C13H19NO3. The van der Waals surface area contributed by atoms with E-state index < -0.39 is 0 Å². The van der Waals surface area contributed by atoms with Crippen LogP contribution in [0.1, 0.15) is 31.1 Å². The molecule has 0 unspecified atom stereocenters. The molecule has 4 nitrogen and oxygen atoms in total. The molecule has 0 saturated carbocycles. The number of phenols is 1. The second-order valence-corrected chi connectivity index (χ2v) is 5.13. The van der Waals surface area contributed by atoms with Gasteiger partial charge in [-0.25, -0.2) is 0 Å². The average Bonchev–Trinajstić information content (AvgIpc) is 2.24. The van der Waals surface area contributed by atoms with E-state index >= 15 is 0 Å². The first-order chi connectivity index (χ1) is 7.83. The van der Waals surface area contributed by atoms with Gasteiger partial charge in [-0.2, -0.15) is 0 Å². The van der Waals surface area contributed by atoms with Crippen molar-refractivity contribution in [3.8, 4) is 11.5 Å². The van der Waals surface area contributed by atoms with Crippen molar-refractivity contribution in [3.05, 3.63) is 23.8 Å². The quantitative estimate of drug-likeness (QED) is 0.847.